The number of amides is 1. The Bertz CT molecular complexity index is 656. The summed E-state index contributed by atoms with van der Waals surface area (Å²) in [5.41, 5.74) is 2.12. The number of ether oxygens (including phenoxy) is 1. The van der Waals surface area contributed by atoms with Gasteiger partial charge in [0.2, 0.25) is 0 Å². The molecule has 1 N–H and O–H groups in total. The minimum absolute atomic E-state index is 0.0419. The minimum Gasteiger partial charge on any atom is -0.435 e. The van der Waals surface area contributed by atoms with Crippen LogP contribution in [0.2, 0.25) is 0 Å². The van der Waals surface area contributed by atoms with Crippen molar-refractivity contribution in [3.05, 3.63) is 59.7 Å². The SMILES string of the molecule is CC[C@@H](C)c1ccc(NC(=O)c2cccc(OC(F)F)c2)cc1. The van der Waals surface area contributed by atoms with Crippen molar-refractivity contribution >= 4 is 11.6 Å². The number of carbonyl (C=O) groups is 1. The summed E-state index contributed by atoms with van der Waals surface area (Å²) in [6.07, 6.45) is 1.04. The van der Waals surface area contributed by atoms with Gasteiger partial charge in [0.1, 0.15) is 5.75 Å². The molecule has 0 aromatic heterocycles. The molecule has 3 nitrogen and oxygen atoms in total. The standard InChI is InChI=1S/C18H19F2NO2/c1-3-12(2)13-7-9-15(10-8-13)21-17(22)14-5-4-6-16(11-14)23-18(19)20/h4-12,18H,3H2,1-2H3,(H,21,22)/t12-/m1/s1. The lowest BCUT2D eigenvalue weighted by molar-refractivity contribution is -0.0498. The van der Waals surface area contributed by atoms with Crippen molar-refractivity contribution in [1.29, 1.82) is 0 Å². The topological polar surface area (TPSA) is 38.3 Å². The summed E-state index contributed by atoms with van der Waals surface area (Å²) in [7, 11) is 0. The van der Waals surface area contributed by atoms with Gasteiger partial charge in [-0.05, 0) is 48.2 Å². The third kappa shape index (κ3) is 4.77. The van der Waals surface area contributed by atoms with E-state index in [1.165, 1.54) is 23.8 Å². The monoisotopic (exact) mass is 319 g/mol. The molecule has 0 aliphatic heterocycles. The van der Waals surface area contributed by atoms with Crippen LogP contribution < -0.4 is 10.1 Å². The van der Waals surface area contributed by atoms with Crippen LogP contribution >= 0.6 is 0 Å². The Balaban J connectivity index is 2.07. The lowest BCUT2D eigenvalue weighted by atomic mass is 9.98. The average Bonchev–Trinajstić information content (AvgIpc) is 2.54. The number of carbonyl (C=O) groups excluding carboxylic acids is 1. The van der Waals surface area contributed by atoms with Crippen LogP contribution in [0.4, 0.5) is 14.5 Å². The zero-order valence-electron chi connectivity index (χ0n) is 13.1. The van der Waals surface area contributed by atoms with Crippen molar-refractivity contribution in [2.75, 3.05) is 5.32 Å². The van der Waals surface area contributed by atoms with Crippen LogP contribution in [-0.4, -0.2) is 12.5 Å². The molecular weight excluding hydrogens is 300 g/mol. The molecule has 0 saturated carbocycles. The van der Waals surface area contributed by atoms with Crippen molar-refractivity contribution < 1.29 is 18.3 Å². The van der Waals surface area contributed by atoms with Crippen LogP contribution in [0.3, 0.4) is 0 Å². The van der Waals surface area contributed by atoms with E-state index in [0.29, 0.717) is 11.6 Å². The highest BCUT2D eigenvalue weighted by Gasteiger charge is 2.10. The molecule has 0 aliphatic rings. The maximum Gasteiger partial charge on any atom is 0.387 e. The zero-order chi connectivity index (χ0) is 16.8. The van der Waals surface area contributed by atoms with E-state index in [2.05, 4.69) is 23.9 Å². The van der Waals surface area contributed by atoms with Crippen molar-refractivity contribution in [3.8, 4) is 5.75 Å². The smallest absolute Gasteiger partial charge is 0.387 e. The second-order valence-corrected chi connectivity index (χ2v) is 5.29. The van der Waals surface area contributed by atoms with Gasteiger partial charge in [-0.25, -0.2) is 0 Å². The molecule has 1 amide bonds. The number of benzene rings is 2. The lowest BCUT2D eigenvalue weighted by Gasteiger charge is -2.11. The van der Waals surface area contributed by atoms with Gasteiger partial charge in [-0.2, -0.15) is 8.78 Å². The molecule has 0 heterocycles. The van der Waals surface area contributed by atoms with Crippen molar-refractivity contribution in [2.24, 2.45) is 0 Å². The summed E-state index contributed by atoms with van der Waals surface area (Å²) < 4.78 is 28.7. The van der Waals surface area contributed by atoms with Gasteiger partial charge in [-0.1, -0.05) is 32.0 Å². The maximum absolute atomic E-state index is 12.2. The van der Waals surface area contributed by atoms with E-state index in [4.69, 9.17) is 0 Å². The molecule has 2 rings (SSSR count). The first-order valence-electron chi connectivity index (χ1n) is 7.45. The highest BCUT2D eigenvalue weighted by atomic mass is 19.3. The first-order valence-corrected chi connectivity index (χ1v) is 7.45. The number of rotatable bonds is 6. The van der Waals surface area contributed by atoms with E-state index in [1.54, 1.807) is 6.07 Å². The summed E-state index contributed by atoms with van der Waals surface area (Å²) >= 11 is 0. The summed E-state index contributed by atoms with van der Waals surface area (Å²) in [6.45, 7) is 1.35. The van der Waals surface area contributed by atoms with Crippen LogP contribution in [0.1, 0.15) is 42.1 Å². The molecular formula is C18H19F2NO2. The van der Waals surface area contributed by atoms with Gasteiger partial charge in [0.15, 0.2) is 0 Å². The molecule has 0 unspecified atom stereocenters. The van der Waals surface area contributed by atoms with Gasteiger partial charge < -0.3 is 10.1 Å². The first kappa shape index (κ1) is 16.9. The average molecular weight is 319 g/mol. The molecule has 0 radical (unpaired) electrons. The molecule has 122 valence electrons. The molecule has 2 aromatic rings. The fourth-order valence-electron chi connectivity index (χ4n) is 2.15. The molecule has 0 fully saturated rings. The Morgan fingerprint density at radius 1 is 1.17 bits per heavy atom. The summed E-state index contributed by atoms with van der Waals surface area (Å²) in [5, 5.41) is 2.74. The molecule has 0 aliphatic carbocycles. The van der Waals surface area contributed by atoms with E-state index in [1.807, 2.05) is 24.3 Å². The van der Waals surface area contributed by atoms with Gasteiger partial charge in [0, 0.05) is 11.3 Å². The van der Waals surface area contributed by atoms with E-state index in [9.17, 15) is 13.6 Å². The van der Waals surface area contributed by atoms with Gasteiger partial charge in [-0.15, -0.1) is 0 Å². The Labute approximate surface area is 134 Å². The largest absolute Gasteiger partial charge is 0.435 e. The molecule has 0 bridgehead atoms. The van der Waals surface area contributed by atoms with Gasteiger partial charge in [-0.3, -0.25) is 4.79 Å². The number of anilines is 1. The third-order valence-corrected chi connectivity index (χ3v) is 3.67. The molecule has 2 aromatic carbocycles. The maximum atomic E-state index is 12.2. The third-order valence-electron chi connectivity index (χ3n) is 3.67. The number of hydrogen-bond donors (Lipinski definition) is 1. The molecule has 1 atom stereocenters. The summed E-state index contributed by atoms with van der Waals surface area (Å²) in [6, 6.07) is 13.3. The highest BCUT2D eigenvalue weighted by Crippen LogP contribution is 2.21. The number of alkyl halides is 2. The van der Waals surface area contributed by atoms with E-state index in [-0.39, 0.29) is 17.2 Å². The van der Waals surface area contributed by atoms with Crippen molar-refractivity contribution in [2.45, 2.75) is 32.8 Å². The van der Waals surface area contributed by atoms with Crippen LogP contribution in [-0.2, 0) is 0 Å². The zero-order valence-corrected chi connectivity index (χ0v) is 13.1. The number of nitrogens with one attached hydrogen (secondary N) is 1. The Morgan fingerprint density at radius 3 is 2.48 bits per heavy atom. The fraction of sp³-hybridized carbons (Fsp3) is 0.278. The van der Waals surface area contributed by atoms with Crippen LogP contribution in [0.15, 0.2) is 48.5 Å². The molecule has 23 heavy (non-hydrogen) atoms. The number of halogens is 2. The van der Waals surface area contributed by atoms with Gasteiger partial charge in [0.05, 0.1) is 0 Å². The Morgan fingerprint density at radius 2 is 1.87 bits per heavy atom. The molecule has 0 saturated heterocycles. The normalized spacial score (nSPS) is 12.0. The van der Waals surface area contributed by atoms with Crippen LogP contribution in [0.5, 0.6) is 5.75 Å². The summed E-state index contributed by atoms with van der Waals surface area (Å²) in [5.74, 6) is 0.0451. The van der Waals surface area contributed by atoms with Crippen molar-refractivity contribution in [3.63, 3.8) is 0 Å². The van der Waals surface area contributed by atoms with Crippen LogP contribution in [0, 0.1) is 0 Å². The van der Waals surface area contributed by atoms with Crippen LogP contribution in [0.25, 0.3) is 0 Å². The minimum atomic E-state index is -2.92. The van der Waals surface area contributed by atoms with E-state index >= 15 is 0 Å². The van der Waals surface area contributed by atoms with Gasteiger partial charge in [0.25, 0.3) is 5.91 Å². The summed E-state index contributed by atoms with van der Waals surface area (Å²) in [4.78, 5) is 12.2. The predicted octanol–water partition coefficient (Wildman–Crippen LogP) is 5.05. The molecule has 0 spiro atoms. The van der Waals surface area contributed by atoms with Crippen molar-refractivity contribution in [1.82, 2.24) is 0 Å². The fourth-order valence-corrected chi connectivity index (χ4v) is 2.15. The highest BCUT2D eigenvalue weighted by molar-refractivity contribution is 6.04. The first-order chi connectivity index (χ1) is 11.0. The second kappa shape index (κ2) is 7.72. The molecule has 5 heteroatoms. The predicted molar refractivity (Wildman–Crippen MR) is 86.2 cm³/mol. The van der Waals surface area contributed by atoms with E-state index < -0.39 is 6.61 Å². The lowest BCUT2D eigenvalue weighted by Crippen LogP contribution is -2.12. The Hall–Kier alpha value is -2.43. The Kier molecular flexibility index (Phi) is 5.68. The van der Waals surface area contributed by atoms with Gasteiger partial charge >= 0.3 is 6.61 Å². The second-order valence-electron chi connectivity index (χ2n) is 5.29. The van der Waals surface area contributed by atoms with E-state index in [0.717, 1.165) is 6.42 Å². The number of hydrogen-bond acceptors (Lipinski definition) is 2. The quantitative estimate of drug-likeness (QED) is 0.808.